The highest BCUT2D eigenvalue weighted by Crippen LogP contribution is 2.67. The van der Waals surface area contributed by atoms with Crippen molar-refractivity contribution in [1.29, 1.82) is 0 Å². The number of carboxylic acids is 1. The van der Waals surface area contributed by atoms with Gasteiger partial charge in [0.1, 0.15) is 43.8 Å². The van der Waals surface area contributed by atoms with Gasteiger partial charge in [0, 0.05) is 60.5 Å². The molecule has 1 amide bonds. The van der Waals surface area contributed by atoms with Crippen LogP contribution in [0.3, 0.4) is 0 Å². The Hall–Kier alpha value is -5.69. The molecule has 29 heteroatoms. The summed E-state index contributed by atoms with van der Waals surface area (Å²) in [6.45, 7) is -1.31. The third kappa shape index (κ3) is 11.9. The largest absolute Gasteiger partial charge is 0.490 e. The lowest BCUT2D eigenvalue weighted by Crippen LogP contribution is -2.33. The number of nitrogens with one attached hydrogen (secondary N) is 2. The van der Waals surface area contributed by atoms with E-state index in [1.54, 1.807) is 0 Å². The number of aliphatic hydroxyl groups is 2. The monoisotopic (exact) mass is 1040 g/mol. The molecule has 3 unspecified atom stereocenters. The Bertz CT molecular complexity index is 3210. The van der Waals surface area contributed by atoms with Crippen LogP contribution in [0, 0.1) is 0 Å². The van der Waals surface area contributed by atoms with Crippen LogP contribution in [-0.4, -0.2) is 128 Å². The molecule has 1 fully saturated rings. The van der Waals surface area contributed by atoms with Crippen LogP contribution < -0.4 is 31.4 Å². The van der Waals surface area contributed by atoms with Crippen molar-refractivity contribution in [1.82, 2.24) is 29.4 Å². The highest BCUT2D eigenvalue weighted by Gasteiger charge is 2.47. The minimum absolute atomic E-state index is 0.0208. The van der Waals surface area contributed by atoms with Crippen LogP contribution in [0.25, 0.3) is 44.6 Å². The number of nitrogen functional groups attached to an aromatic ring is 1. The van der Waals surface area contributed by atoms with E-state index in [9.17, 15) is 58.1 Å². The fraction of sp³-hybridized carbons (Fsp3) is 0.366. The van der Waals surface area contributed by atoms with E-state index in [1.807, 2.05) is 74.1 Å². The zero-order valence-corrected chi connectivity index (χ0v) is 40.5. The van der Waals surface area contributed by atoms with Crippen molar-refractivity contribution in [2.45, 2.75) is 50.2 Å². The molecule has 0 bridgehead atoms. The van der Waals surface area contributed by atoms with Gasteiger partial charge in [-0.25, -0.2) is 28.0 Å². The van der Waals surface area contributed by atoms with E-state index in [-0.39, 0.29) is 41.2 Å². The summed E-state index contributed by atoms with van der Waals surface area (Å²) < 4.78 is 69.9. The highest BCUT2D eigenvalue weighted by molar-refractivity contribution is 7.66. The predicted octanol–water partition coefficient (Wildman–Crippen LogP) is 2.99. The SMILES string of the molecule is CN(C)c1ccc2c(-c3cc(C(=O)NCCCCCCOP(=O)(O)OP(=O)(O)OP(=O)(O)OC[C@H]4O[C@@H](n5cnc6c(=O)[nH]c(N)nc65)[C@H](O)[C@@H]4O)ccc3C(=O)O)c3ccc(=[N+](C)C)cc-3oc2c1. The number of aromatic nitrogens is 4. The van der Waals surface area contributed by atoms with E-state index in [0.717, 1.165) is 21.9 Å². The molecule has 4 aromatic rings. The van der Waals surface area contributed by atoms with E-state index in [1.165, 1.54) is 18.2 Å². The van der Waals surface area contributed by atoms with Gasteiger partial charge < -0.3 is 55.1 Å². The summed E-state index contributed by atoms with van der Waals surface area (Å²) in [7, 11) is -9.28. The standard InChI is InChI=1S/C41H49N8O18P3/c1-47(2)23-10-13-26-29(18-23)64-30-19-24(48(3)4)11-14-27(30)32(26)28-17-22(9-12-25(28)40(54)55)37(52)43-15-7-5-6-8-16-62-68(56,57)66-70(60,61)67-69(58,59)63-20-31-34(50)35(51)39(65-31)49-21-44-33-36(49)45-41(42)46-38(33)53/h9-14,17-19,21,31,34-35,39,50-51H,5-8,15-16,20H2,1-4H3,(H7-,42,43,45,46,52,53,54,55,56,57,58,59,60,61)/p+1/t31-,34-,35-,39-/m1/s1. The fourth-order valence-electron chi connectivity index (χ4n) is 7.57. The van der Waals surface area contributed by atoms with Gasteiger partial charge in [-0.05, 0) is 54.8 Å². The molecule has 7 atom stereocenters. The Kier molecular flexibility index (Phi) is 15.6. The number of nitrogens with two attached hydrogens (primary N) is 1. The van der Waals surface area contributed by atoms with Gasteiger partial charge in [0.15, 0.2) is 17.4 Å². The number of aliphatic hydroxyl groups excluding tert-OH is 2. The number of hydrogen-bond donors (Lipinski definition) is 9. The minimum atomic E-state index is -5.85. The van der Waals surface area contributed by atoms with Crippen LogP contribution in [-0.2, 0) is 36.1 Å². The Morgan fingerprint density at radius 3 is 2.33 bits per heavy atom. The van der Waals surface area contributed by atoms with Gasteiger partial charge in [0.2, 0.25) is 11.3 Å². The zero-order valence-electron chi connectivity index (χ0n) is 37.8. The second-order valence-corrected chi connectivity index (χ2v) is 21.0. The molecule has 0 spiro atoms. The van der Waals surface area contributed by atoms with Gasteiger partial charge in [0.25, 0.3) is 11.5 Å². The van der Waals surface area contributed by atoms with Gasteiger partial charge in [-0.2, -0.15) is 13.6 Å². The van der Waals surface area contributed by atoms with Gasteiger partial charge in [0.05, 0.1) is 31.2 Å². The maximum Gasteiger partial charge on any atom is 0.490 e. The quantitative estimate of drug-likeness (QED) is 0.0230. The van der Waals surface area contributed by atoms with Crippen molar-refractivity contribution in [3.8, 4) is 22.5 Å². The third-order valence-corrected chi connectivity index (χ3v) is 15.3. The van der Waals surface area contributed by atoms with Gasteiger partial charge in [-0.15, -0.1) is 0 Å². The third-order valence-electron chi connectivity index (χ3n) is 11.0. The number of carbonyl (C=O) groups excluding carboxylic acids is 1. The number of carbonyl (C=O) groups is 2. The number of nitrogens with zero attached hydrogens (tertiary/aromatic N) is 5. The second-order valence-electron chi connectivity index (χ2n) is 16.4. The molecule has 2 aromatic carbocycles. The number of aromatic carboxylic acids is 1. The number of H-pyrrole nitrogens is 1. The molecule has 10 N–H and O–H groups in total. The number of anilines is 2. The summed E-state index contributed by atoms with van der Waals surface area (Å²) in [6, 6.07) is 15.5. The van der Waals surface area contributed by atoms with Gasteiger partial charge in [-0.3, -0.25) is 28.2 Å². The first-order valence-electron chi connectivity index (χ1n) is 21.2. The first kappa shape index (κ1) is 52.1. The lowest BCUT2D eigenvalue weighted by atomic mass is 9.89. The summed E-state index contributed by atoms with van der Waals surface area (Å²) in [5, 5.41) is 35.7. The Morgan fingerprint density at radius 2 is 1.63 bits per heavy atom. The molecule has 4 heterocycles. The van der Waals surface area contributed by atoms with E-state index >= 15 is 0 Å². The van der Waals surface area contributed by atoms with Crippen LogP contribution >= 0.6 is 23.5 Å². The molecule has 2 aromatic heterocycles. The van der Waals surface area contributed by atoms with Crippen molar-refractivity contribution in [3.05, 3.63) is 87.8 Å². The zero-order chi connectivity index (χ0) is 50.9. The van der Waals surface area contributed by atoms with Crippen LogP contribution in [0.1, 0.15) is 52.6 Å². The van der Waals surface area contributed by atoms with Crippen LogP contribution in [0.4, 0.5) is 11.6 Å². The maximum atomic E-state index is 13.4. The predicted molar refractivity (Wildman–Crippen MR) is 250 cm³/mol. The number of fused-ring (bicyclic) bond motifs is 3. The molecule has 3 aliphatic rings. The van der Waals surface area contributed by atoms with Crippen molar-refractivity contribution < 1.29 is 80.1 Å². The molecule has 376 valence electrons. The number of unbranched alkanes of at least 4 members (excludes halogenated alkanes) is 3. The Balaban J connectivity index is 0.882. The topological polar surface area (TPSA) is 374 Å². The molecule has 0 radical (unpaired) electrons. The van der Waals surface area contributed by atoms with Gasteiger partial charge in [-0.1, -0.05) is 12.8 Å². The first-order valence-corrected chi connectivity index (χ1v) is 25.7. The summed E-state index contributed by atoms with van der Waals surface area (Å²) in [5.74, 6) is -1.43. The number of phosphoric acid groups is 3. The highest BCUT2D eigenvalue weighted by atomic mass is 31.3. The normalized spacial score (nSPS) is 19.7. The number of aromatic amines is 1. The van der Waals surface area contributed by atoms with Crippen LogP contribution in [0.2, 0.25) is 0 Å². The Labute approximate surface area is 396 Å². The van der Waals surface area contributed by atoms with E-state index in [2.05, 4.69) is 33.4 Å². The minimum Gasteiger partial charge on any atom is -0.478 e. The maximum absolute atomic E-state index is 13.4. The number of carboxylic acid groups (broad SMARTS) is 1. The lowest BCUT2D eigenvalue weighted by molar-refractivity contribution is -0.0503. The number of ether oxygens (including phenoxy) is 1. The van der Waals surface area contributed by atoms with Crippen molar-refractivity contribution in [2.75, 3.05) is 58.6 Å². The molecular formula is C41H50N8O18P3+. The van der Waals surface area contributed by atoms with E-state index in [0.29, 0.717) is 52.7 Å². The van der Waals surface area contributed by atoms with Gasteiger partial charge >= 0.3 is 29.4 Å². The summed E-state index contributed by atoms with van der Waals surface area (Å²) in [5.41, 5.74) is 7.65. The number of phosphoric ester groups is 2. The Morgan fingerprint density at radius 1 is 0.914 bits per heavy atom. The number of hydrogen-bond acceptors (Lipinski definition) is 18. The fourth-order valence-corrected chi connectivity index (χ4v) is 11.1. The molecule has 7 rings (SSSR count). The molecular weight excluding hydrogens is 985 g/mol. The van der Waals surface area contributed by atoms with Crippen molar-refractivity contribution in [2.24, 2.45) is 0 Å². The van der Waals surface area contributed by atoms with E-state index in [4.69, 9.17) is 19.4 Å². The summed E-state index contributed by atoms with van der Waals surface area (Å²) >= 11 is 0. The molecule has 1 saturated heterocycles. The van der Waals surface area contributed by atoms with Crippen LogP contribution in [0.15, 0.2) is 70.1 Å². The molecule has 1 aliphatic carbocycles. The number of amides is 1. The lowest BCUT2D eigenvalue weighted by Gasteiger charge is -2.20. The smallest absolute Gasteiger partial charge is 0.478 e. The average molecular weight is 1040 g/mol. The number of benzene rings is 3. The van der Waals surface area contributed by atoms with Crippen molar-refractivity contribution in [3.63, 3.8) is 0 Å². The molecule has 26 nitrogen and oxygen atoms in total. The van der Waals surface area contributed by atoms with Crippen molar-refractivity contribution >= 4 is 69.1 Å². The average Bonchev–Trinajstić information content (AvgIpc) is 3.82. The van der Waals surface area contributed by atoms with Crippen LogP contribution in [0.5, 0.6) is 0 Å². The summed E-state index contributed by atoms with van der Waals surface area (Å²) in [6.07, 6.45) is -4.08. The summed E-state index contributed by atoms with van der Waals surface area (Å²) in [4.78, 5) is 80.2. The first-order chi connectivity index (χ1) is 32.9. The molecule has 0 saturated carbocycles. The molecule has 70 heavy (non-hydrogen) atoms. The molecule has 2 aliphatic heterocycles. The number of imidazole rings is 1. The number of rotatable bonds is 20. The second kappa shape index (κ2) is 21.0. The van der Waals surface area contributed by atoms with E-state index < -0.39 is 78.7 Å².